The van der Waals surface area contributed by atoms with Crippen molar-refractivity contribution in [3.05, 3.63) is 59.7 Å². The molecule has 1 atom stereocenters. The molecular formula is C17H25Cl3NTi-. The Morgan fingerprint density at radius 1 is 1.05 bits per heavy atom. The van der Waals surface area contributed by atoms with E-state index in [1.54, 1.807) is 0 Å². The molecule has 0 bridgehead atoms. The molecule has 1 aliphatic rings. The predicted molar refractivity (Wildman–Crippen MR) is 99.2 cm³/mol. The fourth-order valence-electron chi connectivity index (χ4n) is 2.47. The van der Waals surface area contributed by atoms with Gasteiger partial charge in [-0.05, 0) is 24.6 Å². The van der Waals surface area contributed by atoms with Gasteiger partial charge < -0.3 is 4.90 Å². The zero-order chi connectivity index (χ0) is 12.8. The number of benzene rings is 1. The van der Waals surface area contributed by atoms with Crippen LogP contribution in [-0.4, -0.2) is 24.5 Å². The Labute approximate surface area is 168 Å². The van der Waals surface area contributed by atoms with Crippen LogP contribution in [0.4, 0.5) is 0 Å². The summed E-state index contributed by atoms with van der Waals surface area (Å²) in [5.41, 5.74) is 2.76. The van der Waals surface area contributed by atoms with Gasteiger partial charge >= 0.3 is 0 Å². The van der Waals surface area contributed by atoms with Crippen molar-refractivity contribution in [2.24, 2.45) is 0 Å². The SMILES string of the molecule is CCN(CC)CC(C1=[C-]CC=C1)c1ccccc1.Cl.Cl.Cl.[Ti]. The van der Waals surface area contributed by atoms with E-state index in [0.29, 0.717) is 5.92 Å². The average molecular weight is 398 g/mol. The molecule has 5 heteroatoms. The van der Waals surface area contributed by atoms with E-state index in [-0.39, 0.29) is 58.9 Å². The normalized spacial score (nSPS) is 13.1. The molecule has 0 N–H and O–H groups in total. The first kappa shape index (κ1) is 27.1. The van der Waals surface area contributed by atoms with Crippen LogP contribution in [0, 0.1) is 6.08 Å². The molecule has 0 amide bonds. The average Bonchev–Trinajstić information content (AvgIpc) is 2.95. The van der Waals surface area contributed by atoms with Crippen LogP contribution in [0.3, 0.4) is 0 Å². The summed E-state index contributed by atoms with van der Waals surface area (Å²) in [5, 5.41) is 0. The number of nitrogens with zero attached hydrogens (tertiary/aromatic N) is 1. The maximum absolute atomic E-state index is 3.49. The van der Waals surface area contributed by atoms with Crippen LogP contribution in [0.1, 0.15) is 31.7 Å². The van der Waals surface area contributed by atoms with Crippen LogP contribution in [-0.2, 0) is 21.7 Å². The van der Waals surface area contributed by atoms with Gasteiger partial charge in [0.05, 0.1) is 0 Å². The Kier molecular flexibility index (Phi) is 18.3. The number of likely N-dealkylation sites (N-methyl/N-ethyl adjacent to an activating group) is 1. The Morgan fingerprint density at radius 3 is 2.09 bits per heavy atom. The Hall–Kier alpha value is 0.244. The van der Waals surface area contributed by atoms with Gasteiger partial charge in [-0.2, -0.15) is 6.08 Å². The molecule has 2 rings (SSSR count). The molecule has 0 spiro atoms. The third-order valence-corrected chi connectivity index (χ3v) is 3.63. The summed E-state index contributed by atoms with van der Waals surface area (Å²) in [5.74, 6) is 0.463. The van der Waals surface area contributed by atoms with Gasteiger partial charge in [-0.1, -0.05) is 44.2 Å². The Morgan fingerprint density at radius 2 is 1.64 bits per heavy atom. The molecule has 0 radical (unpaired) electrons. The van der Waals surface area contributed by atoms with Crippen molar-refractivity contribution in [1.29, 1.82) is 0 Å². The van der Waals surface area contributed by atoms with Crippen molar-refractivity contribution < 1.29 is 21.7 Å². The first-order valence-corrected chi connectivity index (χ1v) is 6.89. The zero-order valence-corrected chi connectivity index (χ0v) is 17.1. The molecular weight excluding hydrogens is 372 g/mol. The summed E-state index contributed by atoms with van der Waals surface area (Å²) in [6.45, 7) is 7.76. The van der Waals surface area contributed by atoms with Gasteiger partial charge in [0.1, 0.15) is 0 Å². The van der Waals surface area contributed by atoms with Crippen LogP contribution in [0.5, 0.6) is 0 Å². The summed E-state index contributed by atoms with van der Waals surface area (Å²) >= 11 is 0. The van der Waals surface area contributed by atoms with Gasteiger partial charge in [-0.3, -0.25) is 6.08 Å². The molecule has 0 heterocycles. The van der Waals surface area contributed by atoms with E-state index in [2.05, 4.69) is 67.3 Å². The molecule has 0 aliphatic heterocycles. The summed E-state index contributed by atoms with van der Waals surface area (Å²) in [4.78, 5) is 2.48. The smallest absolute Gasteiger partial charge is 0.00616 e. The van der Waals surface area contributed by atoms with Gasteiger partial charge in [0.15, 0.2) is 0 Å². The molecule has 0 fully saturated rings. The van der Waals surface area contributed by atoms with Crippen molar-refractivity contribution >= 4 is 37.2 Å². The van der Waals surface area contributed by atoms with Gasteiger partial charge in [-0.25, -0.2) is 11.6 Å². The van der Waals surface area contributed by atoms with Crippen molar-refractivity contribution in [2.75, 3.05) is 19.6 Å². The van der Waals surface area contributed by atoms with Crippen molar-refractivity contribution in [3.63, 3.8) is 0 Å². The first-order valence-electron chi connectivity index (χ1n) is 6.89. The van der Waals surface area contributed by atoms with Crippen molar-refractivity contribution in [2.45, 2.75) is 26.2 Å². The third kappa shape index (κ3) is 7.68. The fraction of sp³-hybridized carbons (Fsp3) is 0.412. The predicted octanol–water partition coefficient (Wildman–Crippen LogP) is 5.06. The second kappa shape index (κ2) is 14.8. The van der Waals surface area contributed by atoms with E-state index in [9.17, 15) is 0 Å². The molecule has 1 aromatic carbocycles. The molecule has 0 saturated heterocycles. The van der Waals surface area contributed by atoms with E-state index in [1.807, 2.05) is 0 Å². The summed E-state index contributed by atoms with van der Waals surface area (Å²) in [6.07, 6.45) is 8.90. The second-order valence-corrected chi connectivity index (χ2v) is 4.69. The second-order valence-electron chi connectivity index (χ2n) is 4.69. The van der Waals surface area contributed by atoms with Crippen LogP contribution < -0.4 is 0 Å². The minimum Gasteiger partial charge on any atom is -0.303 e. The summed E-state index contributed by atoms with van der Waals surface area (Å²) in [7, 11) is 0. The molecule has 1 unspecified atom stereocenters. The quantitative estimate of drug-likeness (QED) is 0.479. The van der Waals surface area contributed by atoms with Gasteiger partial charge in [0.2, 0.25) is 0 Å². The number of hydrogen-bond acceptors (Lipinski definition) is 1. The Bertz CT molecular complexity index is 431. The molecule has 0 aromatic heterocycles. The van der Waals surface area contributed by atoms with Crippen LogP contribution in [0.2, 0.25) is 0 Å². The molecule has 1 aliphatic carbocycles. The van der Waals surface area contributed by atoms with Crippen molar-refractivity contribution in [1.82, 2.24) is 4.90 Å². The number of halogens is 3. The number of allylic oxidation sites excluding steroid dienone is 3. The largest absolute Gasteiger partial charge is 0.303 e. The molecule has 0 saturated carbocycles. The van der Waals surface area contributed by atoms with Crippen LogP contribution >= 0.6 is 37.2 Å². The van der Waals surface area contributed by atoms with Crippen molar-refractivity contribution in [3.8, 4) is 0 Å². The number of hydrogen-bond donors (Lipinski definition) is 0. The third-order valence-electron chi connectivity index (χ3n) is 3.63. The van der Waals surface area contributed by atoms with E-state index in [4.69, 9.17) is 0 Å². The van der Waals surface area contributed by atoms with E-state index in [0.717, 1.165) is 26.1 Å². The van der Waals surface area contributed by atoms with Crippen LogP contribution in [0.15, 0.2) is 48.1 Å². The molecule has 124 valence electrons. The van der Waals surface area contributed by atoms with E-state index in [1.165, 1.54) is 11.1 Å². The first-order chi connectivity index (χ1) is 8.85. The standard InChI is InChI=1S/C17H22N.3ClH.Ti/c1-3-18(4-2)14-17(16-12-8-9-13-16)15-10-6-5-7-11-15;;;;/h5-8,10-12,17H,3-4,9,14H2,1-2H3;3*1H;/q-1;;;;. The molecule has 22 heavy (non-hydrogen) atoms. The summed E-state index contributed by atoms with van der Waals surface area (Å²) in [6, 6.07) is 10.8. The Balaban J connectivity index is -0.000000902. The maximum atomic E-state index is 3.49. The summed E-state index contributed by atoms with van der Waals surface area (Å²) < 4.78 is 0. The van der Waals surface area contributed by atoms with E-state index < -0.39 is 0 Å². The molecule has 1 aromatic rings. The van der Waals surface area contributed by atoms with Gasteiger partial charge in [0.25, 0.3) is 0 Å². The van der Waals surface area contributed by atoms with Gasteiger partial charge in [0, 0.05) is 28.3 Å². The number of rotatable bonds is 6. The molecule has 1 nitrogen and oxygen atoms in total. The fourth-order valence-corrected chi connectivity index (χ4v) is 2.47. The van der Waals surface area contributed by atoms with E-state index >= 15 is 0 Å². The minimum atomic E-state index is 0. The van der Waals surface area contributed by atoms with Gasteiger partial charge in [-0.15, -0.1) is 43.6 Å². The maximum Gasteiger partial charge on any atom is 0.00616 e. The zero-order valence-electron chi connectivity index (χ0n) is 13.1. The van der Waals surface area contributed by atoms with Crippen LogP contribution in [0.25, 0.3) is 0 Å². The monoisotopic (exact) mass is 396 g/mol. The minimum absolute atomic E-state index is 0. The topological polar surface area (TPSA) is 3.24 Å².